The first-order valence-electron chi connectivity index (χ1n) is 5.98. The molecule has 88 valence electrons. The lowest BCUT2D eigenvalue weighted by molar-refractivity contribution is 0.0861. The van der Waals surface area contributed by atoms with Gasteiger partial charge < -0.3 is 0 Å². The van der Waals surface area contributed by atoms with Gasteiger partial charge >= 0.3 is 0 Å². The minimum absolute atomic E-state index is 0.268. The summed E-state index contributed by atoms with van der Waals surface area (Å²) in [6.07, 6.45) is 5.92. The molecule has 16 heavy (non-hydrogen) atoms. The lowest BCUT2D eigenvalue weighted by Gasteiger charge is -2.27. The fraction of sp³-hybridized carbons (Fsp3) is 0.615. The van der Waals surface area contributed by atoms with Crippen molar-refractivity contribution in [2.75, 3.05) is 0 Å². The van der Waals surface area contributed by atoms with Crippen molar-refractivity contribution in [3.05, 3.63) is 20.8 Å². The molecule has 0 saturated heterocycles. The van der Waals surface area contributed by atoms with Crippen molar-refractivity contribution in [1.82, 2.24) is 0 Å². The van der Waals surface area contributed by atoms with Gasteiger partial charge in [-0.25, -0.2) is 0 Å². The van der Waals surface area contributed by atoms with Crippen molar-refractivity contribution < 1.29 is 4.79 Å². The third kappa shape index (κ3) is 2.57. The zero-order valence-corrected chi connectivity index (χ0v) is 11.9. The Morgan fingerprint density at radius 3 is 2.94 bits per heavy atom. The topological polar surface area (TPSA) is 17.1 Å². The number of hydrogen-bond donors (Lipinski definition) is 0. The molecule has 1 saturated carbocycles. The first-order valence-corrected chi connectivity index (χ1v) is 7.71. The lowest BCUT2D eigenvalue weighted by atomic mass is 9.77. The lowest BCUT2D eigenvalue weighted by Crippen LogP contribution is -2.22. The van der Waals surface area contributed by atoms with E-state index in [-0.39, 0.29) is 5.92 Å². The smallest absolute Gasteiger partial charge is 0.167 e. The van der Waals surface area contributed by atoms with E-state index in [9.17, 15) is 4.79 Å². The molecule has 1 aromatic heterocycles. The average Bonchev–Trinajstić information content (AvgIpc) is 2.74. The van der Waals surface area contributed by atoms with Crippen LogP contribution in [0.3, 0.4) is 0 Å². The molecule has 2 unspecified atom stereocenters. The molecule has 1 aliphatic carbocycles. The summed E-state index contributed by atoms with van der Waals surface area (Å²) >= 11 is 5.05. The number of halogens is 1. The van der Waals surface area contributed by atoms with Gasteiger partial charge in [0.25, 0.3) is 0 Å². The fourth-order valence-electron chi connectivity index (χ4n) is 2.58. The number of thiophene rings is 1. The standard InChI is InChI=1S/C13H17BrOS/c1-2-9-4-3-5-10(6-9)13(15)11-7-16-8-12(11)14/h7-10H,2-6H2,1H3. The van der Waals surface area contributed by atoms with Gasteiger partial charge in [0.15, 0.2) is 5.78 Å². The van der Waals surface area contributed by atoms with E-state index < -0.39 is 0 Å². The highest BCUT2D eigenvalue weighted by atomic mass is 79.9. The van der Waals surface area contributed by atoms with Crippen LogP contribution in [0.4, 0.5) is 0 Å². The Morgan fingerprint density at radius 1 is 1.50 bits per heavy atom. The summed E-state index contributed by atoms with van der Waals surface area (Å²) < 4.78 is 0.973. The van der Waals surface area contributed by atoms with Crippen LogP contribution in [-0.2, 0) is 0 Å². The van der Waals surface area contributed by atoms with Gasteiger partial charge in [0.1, 0.15) is 0 Å². The van der Waals surface area contributed by atoms with E-state index in [4.69, 9.17) is 0 Å². The maximum absolute atomic E-state index is 12.3. The summed E-state index contributed by atoms with van der Waals surface area (Å²) in [4.78, 5) is 12.3. The Bertz CT molecular complexity index is 372. The molecule has 1 aromatic rings. The Kier molecular flexibility index (Phi) is 4.20. The van der Waals surface area contributed by atoms with Gasteiger partial charge in [0, 0.05) is 26.7 Å². The van der Waals surface area contributed by atoms with Gasteiger partial charge in [-0.15, -0.1) is 0 Å². The maximum Gasteiger partial charge on any atom is 0.167 e. The molecule has 3 heteroatoms. The Morgan fingerprint density at radius 2 is 2.31 bits per heavy atom. The number of rotatable bonds is 3. The zero-order valence-electron chi connectivity index (χ0n) is 9.54. The van der Waals surface area contributed by atoms with Crippen LogP contribution in [0.5, 0.6) is 0 Å². The van der Waals surface area contributed by atoms with E-state index in [2.05, 4.69) is 22.9 Å². The highest BCUT2D eigenvalue weighted by molar-refractivity contribution is 9.10. The Balaban J connectivity index is 2.07. The van der Waals surface area contributed by atoms with E-state index in [1.165, 1.54) is 19.3 Å². The van der Waals surface area contributed by atoms with Crippen molar-refractivity contribution in [2.24, 2.45) is 11.8 Å². The minimum atomic E-state index is 0.268. The molecule has 1 fully saturated rings. The first-order chi connectivity index (χ1) is 7.72. The monoisotopic (exact) mass is 300 g/mol. The molecule has 0 radical (unpaired) electrons. The molecule has 0 spiro atoms. The van der Waals surface area contributed by atoms with Crippen LogP contribution in [0.2, 0.25) is 0 Å². The number of carbonyl (C=O) groups is 1. The molecule has 1 nitrogen and oxygen atoms in total. The number of Topliss-reactive ketones (excluding diaryl/α,β-unsaturated/α-hetero) is 1. The SMILES string of the molecule is CCC1CCCC(C(=O)c2cscc2Br)C1. The van der Waals surface area contributed by atoms with Crippen LogP contribution in [0.1, 0.15) is 49.4 Å². The van der Waals surface area contributed by atoms with E-state index in [0.717, 1.165) is 28.8 Å². The van der Waals surface area contributed by atoms with E-state index >= 15 is 0 Å². The highest BCUT2D eigenvalue weighted by Crippen LogP contribution is 2.35. The highest BCUT2D eigenvalue weighted by Gasteiger charge is 2.28. The summed E-state index contributed by atoms with van der Waals surface area (Å²) in [5, 5.41) is 3.97. The van der Waals surface area contributed by atoms with Crippen molar-refractivity contribution in [2.45, 2.75) is 39.0 Å². The third-order valence-electron chi connectivity index (χ3n) is 3.61. The average molecular weight is 301 g/mol. The summed E-state index contributed by atoms with van der Waals surface area (Å²) in [7, 11) is 0. The summed E-state index contributed by atoms with van der Waals surface area (Å²) in [5.74, 6) is 1.39. The van der Waals surface area contributed by atoms with Gasteiger partial charge in [0.05, 0.1) is 0 Å². The molecule has 0 N–H and O–H groups in total. The minimum Gasteiger partial charge on any atom is -0.294 e. The second-order valence-corrected chi connectivity index (χ2v) is 6.23. The summed E-state index contributed by atoms with van der Waals surface area (Å²) in [6, 6.07) is 0. The molecular formula is C13H17BrOS. The molecule has 1 heterocycles. The van der Waals surface area contributed by atoms with Crippen molar-refractivity contribution in [3.8, 4) is 0 Å². The molecular weight excluding hydrogens is 284 g/mol. The number of ketones is 1. The normalized spacial score (nSPS) is 25.6. The Hall–Kier alpha value is -0.150. The quantitative estimate of drug-likeness (QED) is 0.725. The van der Waals surface area contributed by atoms with E-state index in [1.807, 2.05) is 10.8 Å². The fourth-order valence-corrected chi connectivity index (χ4v) is 4.06. The van der Waals surface area contributed by atoms with Gasteiger partial charge in [-0.05, 0) is 34.7 Å². The zero-order chi connectivity index (χ0) is 11.5. The predicted molar refractivity (Wildman–Crippen MR) is 72.1 cm³/mol. The Labute approximate surface area is 109 Å². The van der Waals surface area contributed by atoms with Gasteiger partial charge in [-0.2, -0.15) is 11.3 Å². The molecule has 1 aliphatic rings. The molecule has 0 amide bonds. The largest absolute Gasteiger partial charge is 0.294 e. The summed E-state index contributed by atoms with van der Waals surface area (Å²) in [6.45, 7) is 2.23. The van der Waals surface area contributed by atoms with Crippen molar-refractivity contribution in [3.63, 3.8) is 0 Å². The second-order valence-electron chi connectivity index (χ2n) is 4.64. The van der Waals surface area contributed by atoms with Crippen LogP contribution >= 0.6 is 27.3 Å². The number of hydrogen-bond acceptors (Lipinski definition) is 2. The first kappa shape index (κ1) is 12.3. The maximum atomic E-state index is 12.3. The molecule has 0 bridgehead atoms. The molecule has 2 atom stereocenters. The van der Waals surface area contributed by atoms with Gasteiger partial charge in [-0.1, -0.05) is 26.2 Å². The van der Waals surface area contributed by atoms with Gasteiger partial charge in [-0.3, -0.25) is 4.79 Å². The molecule has 2 rings (SSSR count). The molecule has 0 aromatic carbocycles. The van der Waals surface area contributed by atoms with Crippen molar-refractivity contribution >= 4 is 33.0 Å². The summed E-state index contributed by atoms with van der Waals surface area (Å²) in [5.41, 5.74) is 0.895. The van der Waals surface area contributed by atoms with Crippen LogP contribution in [-0.4, -0.2) is 5.78 Å². The van der Waals surface area contributed by atoms with Crippen LogP contribution in [0.15, 0.2) is 15.2 Å². The molecule has 0 aliphatic heterocycles. The number of carbonyl (C=O) groups excluding carboxylic acids is 1. The predicted octanol–water partition coefficient (Wildman–Crippen LogP) is 4.91. The van der Waals surface area contributed by atoms with E-state index in [1.54, 1.807) is 11.3 Å². The van der Waals surface area contributed by atoms with Crippen LogP contribution < -0.4 is 0 Å². The third-order valence-corrected chi connectivity index (χ3v) is 5.31. The van der Waals surface area contributed by atoms with Crippen molar-refractivity contribution in [1.29, 1.82) is 0 Å². The van der Waals surface area contributed by atoms with Crippen LogP contribution in [0.25, 0.3) is 0 Å². The van der Waals surface area contributed by atoms with Crippen LogP contribution in [0, 0.1) is 11.8 Å². The second kappa shape index (κ2) is 5.46. The van der Waals surface area contributed by atoms with Gasteiger partial charge in [0.2, 0.25) is 0 Å². The van der Waals surface area contributed by atoms with E-state index in [0.29, 0.717) is 5.78 Å².